The molecule has 5 nitrogen and oxygen atoms in total. The minimum Gasteiger partial charge on any atom is -0.361 e. The van der Waals surface area contributed by atoms with E-state index < -0.39 is 0 Å². The van der Waals surface area contributed by atoms with E-state index in [1.165, 1.54) is 0 Å². The Balaban J connectivity index is 1.64. The lowest BCUT2D eigenvalue weighted by Crippen LogP contribution is -1.96. The highest BCUT2D eigenvalue weighted by Crippen LogP contribution is 2.19. The fourth-order valence-corrected chi connectivity index (χ4v) is 2.47. The molecule has 106 valence electrons. The molecule has 0 amide bonds. The molecule has 4 rings (SSSR count). The Kier molecular flexibility index (Phi) is 3.01. The van der Waals surface area contributed by atoms with E-state index in [1.54, 1.807) is 12.4 Å². The van der Waals surface area contributed by atoms with Crippen molar-refractivity contribution in [3.8, 4) is 0 Å². The summed E-state index contributed by atoms with van der Waals surface area (Å²) in [5, 5.41) is 15.5. The second-order valence-corrected chi connectivity index (χ2v) is 4.94. The van der Waals surface area contributed by atoms with Crippen molar-refractivity contribution in [2.45, 2.75) is 0 Å². The largest absolute Gasteiger partial charge is 0.361 e. The van der Waals surface area contributed by atoms with Gasteiger partial charge in [-0.25, -0.2) is 0 Å². The summed E-state index contributed by atoms with van der Waals surface area (Å²) < 4.78 is 0. The van der Waals surface area contributed by atoms with Gasteiger partial charge in [0, 0.05) is 33.4 Å². The van der Waals surface area contributed by atoms with Crippen LogP contribution in [0.4, 0.5) is 5.82 Å². The molecule has 0 saturated carbocycles. The molecule has 0 bridgehead atoms. The highest BCUT2D eigenvalue weighted by atomic mass is 15.3. The SMILES string of the molecule is C(=NNc1nncc2ccccc12)c1c[nH]c2ccccc12. The molecule has 2 aromatic heterocycles. The van der Waals surface area contributed by atoms with E-state index in [2.05, 4.69) is 31.8 Å². The number of hydrogen-bond donors (Lipinski definition) is 2. The molecule has 0 fully saturated rings. The highest BCUT2D eigenvalue weighted by molar-refractivity contribution is 5.99. The number of hydrogen-bond acceptors (Lipinski definition) is 4. The molecule has 2 heterocycles. The molecule has 0 atom stereocenters. The molecule has 5 heteroatoms. The molecular formula is C17H13N5. The molecule has 0 aliphatic rings. The summed E-state index contributed by atoms with van der Waals surface area (Å²) in [6.07, 6.45) is 5.46. The number of nitrogens with one attached hydrogen (secondary N) is 2. The quantitative estimate of drug-likeness (QED) is 0.447. The van der Waals surface area contributed by atoms with Crippen molar-refractivity contribution in [2.75, 3.05) is 5.43 Å². The van der Waals surface area contributed by atoms with E-state index in [0.717, 1.165) is 27.2 Å². The number of hydrazone groups is 1. The van der Waals surface area contributed by atoms with Gasteiger partial charge in [-0.05, 0) is 6.07 Å². The molecular weight excluding hydrogens is 274 g/mol. The summed E-state index contributed by atoms with van der Waals surface area (Å²) in [5.74, 6) is 0.647. The summed E-state index contributed by atoms with van der Waals surface area (Å²) in [7, 11) is 0. The minimum atomic E-state index is 0.647. The van der Waals surface area contributed by atoms with Gasteiger partial charge in [0.05, 0.1) is 12.4 Å². The van der Waals surface area contributed by atoms with Crippen LogP contribution < -0.4 is 5.43 Å². The number of para-hydroxylation sites is 1. The van der Waals surface area contributed by atoms with Crippen molar-refractivity contribution >= 4 is 33.7 Å². The van der Waals surface area contributed by atoms with E-state index in [4.69, 9.17) is 0 Å². The van der Waals surface area contributed by atoms with E-state index >= 15 is 0 Å². The van der Waals surface area contributed by atoms with Crippen molar-refractivity contribution in [2.24, 2.45) is 5.10 Å². The summed E-state index contributed by atoms with van der Waals surface area (Å²) in [6.45, 7) is 0. The summed E-state index contributed by atoms with van der Waals surface area (Å²) in [4.78, 5) is 3.22. The fourth-order valence-electron chi connectivity index (χ4n) is 2.47. The summed E-state index contributed by atoms with van der Waals surface area (Å²) >= 11 is 0. The topological polar surface area (TPSA) is 66.0 Å². The number of aromatic amines is 1. The number of rotatable bonds is 3. The molecule has 0 aliphatic heterocycles. The van der Waals surface area contributed by atoms with Crippen molar-refractivity contribution in [1.82, 2.24) is 15.2 Å². The van der Waals surface area contributed by atoms with E-state index in [-0.39, 0.29) is 0 Å². The highest BCUT2D eigenvalue weighted by Gasteiger charge is 2.02. The third kappa shape index (κ3) is 2.18. The maximum Gasteiger partial charge on any atom is 0.176 e. The first-order chi connectivity index (χ1) is 10.9. The Morgan fingerprint density at radius 3 is 2.77 bits per heavy atom. The zero-order valence-corrected chi connectivity index (χ0v) is 11.7. The smallest absolute Gasteiger partial charge is 0.176 e. The predicted octanol–water partition coefficient (Wildman–Crippen LogP) is 3.56. The van der Waals surface area contributed by atoms with Gasteiger partial charge in [0.25, 0.3) is 0 Å². The first-order valence-electron chi connectivity index (χ1n) is 6.97. The fraction of sp³-hybridized carbons (Fsp3) is 0. The van der Waals surface area contributed by atoms with Crippen LogP contribution in [0.15, 0.2) is 66.0 Å². The lowest BCUT2D eigenvalue weighted by atomic mass is 10.2. The van der Waals surface area contributed by atoms with Gasteiger partial charge in [-0.1, -0.05) is 42.5 Å². The maximum absolute atomic E-state index is 4.29. The molecule has 0 unspecified atom stereocenters. The van der Waals surface area contributed by atoms with E-state index in [9.17, 15) is 0 Å². The Bertz CT molecular complexity index is 966. The molecule has 0 saturated heterocycles. The van der Waals surface area contributed by atoms with Gasteiger partial charge in [0.15, 0.2) is 5.82 Å². The second kappa shape index (κ2) is 5.29. The first-order valence-corrected chi connectivity index (χ1v) is 6.97. The maximum atomic E-state index is 4.29. The Hall–Kier alpha value is -3.21. The minimum absolute atomic E-state index is 0.647. The Morgan fingerprint density at radius 2 is 1.82 bits per heavy atom. The lowest BCUT2D eigenvalue weighted by Gasteiger charge is -2.02. The monoisotopic (exact) mass is 287 g/mol. The molecule has 2 N–H and O–H groups in total. The van der Waals surface area contributed by atoms with E-state index in [1.807, 2.05) is 48.7 Å². The number of benzene rings is 2. The average molecular weight is 287 g/mol. The standard InChI is InChI=1S/C17H13N5/c1-2-7-15-12(5-1)10-19-21-17(15)22-20-11-13-9-18-16-8-4-3-6-14(13)16/h1-11,18H,(H,21,22). The molecule has 2 aromatic carbocycles. The average Bonchev–Trinajstić information content (AvgIpc) is 2.99. The lowest BCUT2D eigenvalue weighted by molar-refractivity contribution is 1.04. The van der Waals surface area contributed by atoms with Crippen molar-refractivity contribution < 1.29 is 0 Å². The van der Waals surface area contributed by atoms with Crippen LogP contribution in [0.1, 0.15) is 5.56 Å². The molecule has 4 aromatic rings. The van der Waals surface area contributed by atoms with E-state index in [0.29, 0.717) is 5.82 Å². The van der Waals surface area contributed by atoms with Crippen LogP contribution >= 0.6 is 0 Å². The summed E-state index contributed by atoms with van der Waals surface area (Å²) in [6, 6.07) is 16.1. The number of H-pyrrole nitrogens is 1. The van der Waals surface area contributed by atoms with Gasteiger partial charge in [-0.3, -0.25) is 5.43 Å². The normalized spacial score (nSPS) is 11.5. The van der Waals surface area contributed by atoms with Gasteiger partial charge >= 0.3 is 0 Å². The van der Waals surface area contributed by atoms with Crippen molar-refractivity contribution in [3.05, 3.63) is 66.5 Å². The first kappa shape index (κ1) is 12.5. The van der Waals surface area contributed by atoms with Crippen LogP contribution in [-0.2, 0) is 0 Å². The van der Waals surface area contributed by atoms with Crippen molar-refractivity contribution in [1.29, 1.82) is 0 Å². The van der Waals surface area contributed by atoms with Crippen LogP contribution in [-0.4, -0.2) is 21.4 Å². The van der Waals surface area contributed by atoms with Crippen LogP contribution in [0.3, 0.4) is 0 Å². The second-order valence-electron chi connectivity index (χ2n) is 4.94. The predicted molar refractivity (Wildman–Crippen MR) is 89.1 cm³/mol. The van der Waals surface area contributed by atoms with Crippen LogP contribution in [0, 0.1) is 0 Å². The number of aromatic nitrogens is 3. The van der Waals surface area contributed by atoms with Crippen molar-refractivity contribution in [3.63, 3.8) is 0 Å². The molecule has 0 aliphatic carbocycles. The van der Waals surface area contributed by atoms with Gasteiger partial charge < -0.3 is 4.98 Å². The number of anilines is 1. The Morgan fingerprint density at radius 1 is 1.00 bits per heavy atom. The van der Waals surface area contributed by atoms with Gasteiger partial charge in [0.1, 0.15) is 0 Å². The third-order valence-corrected chi connectivity index (χ3v) is 3.57. The third-order valence-electron chi connectivity index (χ3n) is 3.57. The zero-order valence-electron chi connectivity index (χ0n) is 11.7. The Labute approximate surface area is 126 Å². The number of nitrogens with zero attached hydrogens (tertiary/aromatic N) is 3. The van der Waals surface area contributed by atoms with Gasteiger partial charge in [-0.15, -0.1) is 5.10 Å². The molecule has 0 radical (unpaired) electrons. The zero-order chi connectivity index (χ0) is 14.8. The van der Waals surface area contributed by atoms with Gasteiger partial charge in [0.2, 0.25) is 0 Å². The summed E-state index contributed by atoms with van der Waals surface area (Å²) in [5.41, 5.74) is 5.09. The molecule has 22 heavy (non-hydrogen) atoms. The van der Waals surface area contributed by atoms with Crippen LogP contribution in [0.5, 0.6) is 0 Å². The van der Waals surface area contributed by atoms with Crippen LogP contribution in [0.2, 0.25) is 0 Å². The molecule has 0 spiro atoms. The van der Waals surface area contributed by atoms with Crippen LogP contribution in [0.25, 0.3) is 21.7 Å². The van der Waals surface area contributed by atoms with Gasteiger partial charge in [-0.2, -0.15) is 10.2 Å². The number of fused-ring (bicyclic) bond motifs is 2.